The van der Waals surface area contributed by atoms with Crippen LogP contribution in [0.3, 0.4) is 0 Å². The van der Waals surface area contributed by atoms with Gasteiger partial charge < -0.3 is 10.2 Å². The zero-order valence-electron chi connectivity index (χ0n) is 11.8. The maximum absolute atomic E-state index is 12.0. The average Bonchev–Trinajstić information content (AvgIpc) is 2.81. The minimum atomic E-state index is -0.488. The molecule has 1 aromatic rings. The lowest BCUT2D eigenvalue weighted by atomic mass is 10.1. The molecule has 112 valence electrons. The maximum Gasteiger partial charge on any atom is 0.227 e. The van der Waals surface area contributed by atoms with E-state index in [0.29, 0.717) is 17.8 Å². The molecule has 21 heavy (non-hydrogen) atoms. The first-order valence-corrected chi connectivity index (χ1v) is 7.28. The summed E-state index contributed by atoms with van der Waals surface area (Å²) in [5.41, 5.74) is 1.30. The summed E-state index contributed by atoms with van der Waals surface area (Å²) in [6.07, 6.45) is 1.36. The van der Waals surface area contributed by atoms with Crippen molar-refractivity contribution in [3.63, 3.8) is 0 Å². The molecule has 1 saturated heterocycles. The number of carbonyl (C=O) groups excluding carboxylic acids is 3. The molecule has 1 aliphatic rings. The van der Waals surface area contributed by atoms with Gasteiger partial charge in [-0.1, -0.05) is 13.0 Å². The number of benzene rings is 1. The molecular formula is C15H17ClN2O3. The lowest BCUT2D eigenvalue weighted by Crippen LogP contribution is -2.25. The highest BCUT2D eigenvalue weighted by molar-refractivity contribution is 6.64. The van der Waals surface area contributed by atoms with Gasteiger partial charge in [0, 0.05) is 30.8 Å². The molecule has 0 radical (unpaired) electrons. The summed E-state index contributed by atoms with van der Waals surface area (Å²) in [6, 6.07) is 7.03. The number of amides is 2. The second kappa shape index (κ2) is 6.72. The van der Waals surface area contributed by atoms with Crippen molar-refractivity contribution in [3.8, 4) is 0 Å². The van der Waals surface area contributed by atoms with Crippen molar-refractivity contribution in [2.45, 2.75) is 26.2 Å². The van der Waals surface area contributed by atoms with E-state index >= 15 is 0 Å². The lowest BCUT2D eigenvalue weighted by molar-refractivity contribution is -0.120. The van der Waals surface area contributed by atoms with E-state index in [4.69, 9.17) is 11.6 Å². The molecular weight excluding hydrogens is 292 g/mol. The van der Waals surface area contributed by atoms with Crippen LogP contribution in [0.4, 0.5) is 11.4 Å². The van der Waals surface area contributed by atoms with Crippen LogP contribution in [-0.4, -0.2) is 23.6 Å². The first-order chi connectivity index (χ1) is 10.0. The molecule has 0 bridgehead atoms. The molecule has 2 rings (SSSR count). The lowest BCUT2D eigenvalue weighted by Gasteiger charge is -2.17. The number of carbonyl (C=O) groups is 3. The van der Waals surface area contributed by atoms with E-state index in [1.165, 1.54) is 4.90 Å². The Morgan fingerprint density at radius 1 is 1.43 bits per heavy atom. The summed E-state index contributed by atoms with van der Waals surface area (Å²) < 4.78 is 0. The summed E-state index contributed by atoms with van der Waals surface area (Å²) >= 11 is 5.46. The third-order valence-corrected chi connectivity index (χ3v) is 3.67. The number of anilines is 2. The van der Waals surface area contributed by atoms with Crippen LogP contribution in [0.25, 0.3) is 0 Å². The van der Waals surface area contributed by atoms with Gasteiger partial charge in [-0.2, -0.15) is 0 Å². The van der Waals surface area contributed by atoms with E-state index < -0.39 is 11.2 Å². The molecule has 5 nitrogen and oxygen atoms in total. The summed E-state index contributed by atoms with van der Waals surface area (Å²) in [5, 5.41) is 2.30. The first-order valence-electron chi connectivity index (χ1n) is 6.91. The van der Waals surface area contributed by atoms with E-state index in [1.54, 1.807) is 24.3 Å². The minimum absolute atomic E-state index is 0.0591. The molecule has 0 aromatic heterocycles. The predicted molar refractivity (Wildman–Crippen MR) is 81.3 cm³/mol. The zero-order chi connectivity index (χ0) is 15.4. The van der Waals surface area contributed by atoms with Gasteiger partial charge in [-0.3, -0.25) is 14.4 Å². The Morgan fingerprint density at radius 2 is 2.19 bits per heavy atom. The van der Waals surface area contributed by atoms with Gasteiger partial charge in [0.2, 0.25) is 17.1 Å². The third-order valence-electron chi connectivity index (χ3n) is 3.36. The number of halogens is 1. The van der Waals surface area contributed by atoms with Crippen LogP contribution < -0.4 is 10.2 Å². The highest BCUT2D eigenvalue weighted by Gasteiger charge is 2.34. The van der Waals surface area contributed by atoms with Crippen LogP contribution >= 0.6 is 11.6 Å². The minimum Gasteiger partial charge on any atom is -0.326 e. The van der Waals surface area contributed by atoms with Crippen LogP contribution in [0, 0.1) is 5.92 Å². The quantitative estimate of drug-likeness (QED) is 0.850. The fourth-order valence-electron chi connectivity index (χ4n) is 2.31. The zero-order valence-corrected chi connectivity index (χ0v) is 12.5. The number of rotatable bonds is 5. The molecule has 6 heteroatoms. The van der Waals surface area contributed by atoms with Crippen LogP contribution in [0.2, 0.25) is 0 Å². The summed E-state index contributed by atoms with van der Waals surface area (Å²) in [5.74, 6) is -0.653. The van der Waals surface area contributed by atoms with Crippen LogP contribution in [0.1, 0.15) is 26.2 Å². The van der Waals surface area contributed by atoms with Gasteiger partial charge >= 0.3 is 0 Å². The fourth-order valence-corrected chi connectivity index (χ4v) is 2.46. The second-order valence-corrected chi connectivity index (χ2v) is 5.43. The Labute approximate surface area is 128 Å². The number of hydrogen-bond acceptors (Lipinski definition) is 3. The SMILES string of the molecule is CCCC(=O)Nc1cccc(N2C[C@H](C(=O)Cl)CC2=O)c1. The van der Waals surface area contributed by atoms with Gasteiger partial charge in [-0.05, 0) is 36.2 Å². The predicted octanol–water partition coefficient (Wildman–Crippen LogP) is 2.54. The first kappa shape index (κ1) is 15.5. The van der Waals surface area contributed by atoms with Crippen molar-refractivity contribution < 1.29 is 14.4 Å². The Morgan fingerprint density at radius 3 is 2.81 bits per heavy atom. The van der Waals surface area contributed by atoms with Crippen molar-refractivity contribution in [2.24, 2.45) is 5.92 Å². The molecule has 0 aliphatic carbocycles. The summed E-state index contributed by atoms with van der Waals surface area (Å²) in [7, 11) is 0. The number of nitrogens with zero attached hydrogens (tertiary/aromatic N) is 1. The van der Waals surface area contributed by atoms with E-state index in [1.807, 2.05) is 6.92 Å². The Kier molecular flexibility index (Phi) is 4.96. The summed E-state index contributed by atoms with van der Waals surface area (Å²) in [4.78, 5) is 36.3. The monoisotopic (exact) mass is 308 g/mol. The number of nitrogens with one attached hydrogen (secondary N) is 1. The standard InChI is InChI=1S/C15H17ClN2O3/c1-2-4-13(19)17-11-5-3-6-12(8-11)18-9-10(15(16)21)7-14(18)20/h3,5-6,8,10H,2,4,7,9H2,1H3,(H,17,19)/t10-/m1/s1. The average molecular weight is 309 g/mol. The van der Waals surface area contributed by atoms with Crippen molar-refractivity contribution in [1.82, 2.24) is 0 Å². The van der Waals surface area contributed by atoms with E-state index in [-0.39, 0.29) is 24.8 Å². The molecule has 0 spiro atoms. The molecule has 1 N–H and O–H groups in total. The summed E-state index contributed by atoms with van der Waals surface area (Å²) in [6.45, 7) is 2.22. The molecule has 1 aromatic carbocycles. The Hall–Kier alpha value is -1.88. The van der Waals surface area contributed by atoms with Gasteiger partial charge in [0.1, 0.15) is 0 Å². The third kappa shape index (κ3) is 3.82. The Bertz CT molecular complexity index is 574. The van der Waals surface area contributed by atoms with Crippen molar-refractivity contribution >= 4 is 40.0 Å². The van der Waals surface area contributed by atoms with Crippen LogP contribution in [0.15, 0.2) is 24.3 Å². The van der Waals surface area contributed by atoms with Crippen molar-refractivity contribution in [1.29, 1.82) is 0 Å². The van der Waals surface area contributed by atoms with Crippen LogP contribution in [-0.2, 0) is 14.4 Å². The second-order valence-electron chi connectivity index (χ2n) is 5.06. The normalized spacial score (nSPS) is 17.9. The molecule has 1 aliphatic heterocycles. The number of hydrogen-bond donors (Lipinski definition) is 1. The molecule has 1 fully saturated rings. The molecule has 2 amide bonds. The van der Waals surface area contributed by atoms with Crippen molar-refractivity contribution in [2.75, 3.05) is 16.8 Å². The van der Waals surface area contributed by atoms with Gasteiger partial charge in [-0.15, -0.1) is 0 Å². The Balaban J connectivity index is 2.12. The highest BCUT2D eigenvalue weighted by atomic mass is 35.5. The van der Waals surface area contributed by atoms with Gasteiger partial charge in [0.25, 0.3) is 0 Å². The molecule has 0 saturated carbocycles. The maximum atomic E-state index is 12.0. The smallest absolute Gasteiger partial charge is 0.227 e. The van der Waals surface area contributed by atoms with Gasteiger partial charge in [0.05, 0.1) is 5.92 Å². The molecule has 1 atom stereocenters. The van der Waals surface area contributed by atoms with Crippen LogP contribution in [0.5, 0.6) is 0 Å². The molecule has 1 heterocycles. The van der Waals surface area contributed by atoms with Gasteiger partial charge in [0.15, 0.2) is 0 Å². The van der Waals surface area contributed by atoms with E-state index in [9.17, 15) is 14.4 Å². The van der Waals surface area contributed by atoms with E-state index in [2.05, 4.69) is 5.32 Å². The van der Waals surface area contributed by atoms with Gasteiger partial charge in [-0.25, -0.2) is 0 Å². The molecule has 0 unspecified atom stereocenters. The fraction of sp³-hybridized carbons (Fsp3) is 0.400. The van der Waals surface area contributed by atoms with Crippen molar-refractivity contribution in [3.05, 3.63) is 24.3 Å². The topological polar surface area (TPSA) is 66.5 Å². The largest absolute Gasteiger partial charge is 0.326 e. The van der Waals surface area contributed by atoms with E-state index in [0.717, 1.165) is 6.42 Å². The highest BCUT2D eigenvalue weighted by Crippen LogP contribution is 2.28.